The summed E-state index contributed by atoms with van der Waals surface area (Å²) >= 11 is 1.69. The Labute approximate surface area is 110 Å². The van der Waals surface area contributed by atoms with Gasteiger partial charge in [-0.15, -0.1) is 11.3 Å². The van der Waals surface area contributed by atoms with Gasteiger partial charge in [-0.3, -0.25) is 0 Å². The van der Waals surface area contributed by atoms with Gasteiger partial charge in [-0.05, 0) is 38.4 Å². The van der Waals surface area contributed by atoms with Crippen LogP contribution in [0.1, 0.15) is 42.4 Å². The molecule has 1 atom stereocenters. The topological polar surface area (TPSA) is 51.0 Å². The highest BCUT2D eigenvalue weighted by Gasteiger charge is 2.20. The third-order valence-corrected chi connectivity index (χ3v) is 4.25. The Morgan fingerprint density at radius 1 is 1.33 bits per heavy atom. The maximum Gasteiger partial charge on any atom is 0.268 e. The maximum absolute atomic E-state index is 5.37. The van der Waals surface area contributed by atoms with Crippen LogP contribution in [-0.2, 0) is 0 Å². The van der Waals surface area contributed by atoms with Gasteiger partial charge < -0.3 is 9.84 Å². The van der Waals surface area contributed by atoms with Crippen LogP contribution in [0.3, 0.4) is 0 Å². The number of rotatable bonds is 2. The molecule has 1 saturated heterocycles. The predicted molar refractivity (Wildman–Crippen MR) is 71.6 cm³/mol. The molecule has 0 saturated carbocycles. The van der Waals surface area contributed by atoms with Gasteiger partial charge in [0.25, 0.3) is 5.89 Å². The first-order valence-electron chi connectivity index (χ1n) is 6.47. The summed E-state index contributed by atoms with van der Waals surface area (Å²) in [6.45, 7) is 3.13. The van der Waals surface area contributed by atoms with Crippen molar-refractivity contribution in [2.24, 2.45) is 0 Å². The highest BCUT2D eigenvalue weighted by Crippen LogP contribution is 2.28. The molecule has 2 aromatic heterocycles. The van der Waals surface area contributed by atoms with Crippen LogP contribution in [0.4, 0.5) is 0 Å². The van der Waals surface area contributed by atoms with E-state index in [1.165, 1.54) is 24.1 Å². The van der Waals surface area contributed by atoms with Crippen LogP contribution in [0, 0.1) is 6.92 Å². The monoisotopic (exact) mass is 263 g/mol. The normalized spacial score (nSPS) is 20.8. The van der Waals surface area contributed by atoms with Crippen LogP contribution in [-0.4, -0.2) is 16.7 Å². The van der Waals surface area contributed by atoms with E-state index in [1.807, 2.05) is 6.07 Å². The molecule has 3 rings (SSSR count). The highest BCUT2D eigenvalue weighted by atomic mass is 32.1. The fourth-order valence-electron chi connectivity index (χ4n) is 2.27. The van der Waals surface area contributed by atoms with Gasteiger partial charge in [-0.1, -0.05) is 18.0 Å². The van der Waals surface area contributed by atoms with Crippen LogP contribution < -0.4 is 5.32 Å². The number of hydrogen-bond donors (Lipinski definition) is 1. The second-order valence-corrected chi connectivity index (χ2v) is 6.01. The number of hydrogen-bond acceptors (Lipinski definition) is 5. The summed E-state index contributed by atoms with van der Waals surface area (Å²) in [6, 6.07) is 4.37. The van der Waals surface area contributed by atoms with E-state index >= 15 is 0 Å². The molecule has 1 fully saturated rings. The summed E-state index contributed by atoms with van der Waals surface area (Å²) in [4.78, 5) is 6.85. The quantitative estimate of drug-likeness (QED) is 0.903. The fraction of sp³-hybridized carbons (Fsp3) is 0.538. The van der Waals surface area contributed by atoms with Gasteiger partial charge in [-0.25, -0.2) is 0 Å². The average molecular weight is 263 g/mol. The smallest absolute Gasteiger partial charge is 0.268 e. The van der Waals surface area contributed by atoms with E-state index in [4.69, 9.17) is 4.52 Å². The van der Waals surface area contributed by atoms with Crippen molar-refractivity contribution in [1.82, 2.24) is 15.5 Å². The van der Waals surface area contributed by atoms with Crippen molar-refractivity contribution in [1.29, 1.82) is 0 Å². The van der Waals surface area contributed by atoms with Crippen molar-refractivity contribution in [3.63, 3.8) is 0 Å². The first-order chi connectivity index (χ1) is 8.83. The lowest BCUT2D eigenvalue weighted by molar-refractivity contribution is 0.403. The SMILES string of the molecule is Cc1ccc(-c2nc(C3CCCCCN3)no2)s1. The van der Waals surface area contributed by atoms with E-state index in [0.29, 0.717) is 5.89 Å². The molecule has 0 aromatic carbocycles. The molecular weight excluding hydrogens is 246 g/mol. The fourth-order valence-corrected chi connectivity index (χ4v) is 3.06. The zero-order valence-corrected chi connectivity index (χ0v) is 11.3. The standard InChI is InChI=1S/C13H17N3OS/c1-9-6-7-11(18-9)13-15-12(16-17-13)10-5-3-2-4-8-14-10/h6-7,10,14H,2-5,8H2,1H3. The molecule has 5 heteroatoms. The van der Waals surface area contributed by atoms with E-state index < -0.39 is 0 Å². The molecule has 0 bridgehead atoms. The third kappa shape index (κ3) is 2.47. The second-order valence-electron chi connectivity index (χ2n) is 4.72. The van der Waals surface area contributed by atoms with Crippen molar-refractivity contribution < 1.29 is 4.52 Å². The minimum absolute atomic E-state index is 0.256. The van der Waals surface area contributed by atoms with Crippen molar-refractivity contribution in [3.05, 3.63) is 22.8 Å². The molecule has 0 amide bonds. The molecule has 2 aromatic rings. The van der Waals surface area contributed by atoms with Crippen LogP contribution in [0.5, 0.6) is 0 Å². The first-order valence-corrected chi connectivity index (χ1v) is 7.28. The van der Waals surface area contributed by atoms with Crippen molar-refractivity contribution in [2.45, 2.75) is 38.6 Å². The predicted octanol–water partition coefficient (Wildman–Crippen LogP) is 3.31. The summed E-state index contributed by atoms with van der Waals surface area (Å²) in [7, 11) is 0. The number of nitrogens with zero attached hydrogens (tertiary/aromatic N) is 2. The Morgan fingerprint density at radius 2 is 2.28 bits per heavy atom. The van der Waals surface area contributed by atoms with E-state index in [1.54, 1.807) is 11.3 Å². The summed E-state index contributed by atoms with van der Waals surface area (Å²) in [5, 5.41) is 7.61. The van der Waals surface area contributed by atoms with Gasteiger partial charge in [0.1, 0.15) is 0 Å². The minimum Gasteiger partial charge on any atom is -0.333 e. The molecule has 3 heterocycles. The molecule has 4 nitrogen and oxygen atoms in total. The second kappa shape index (κ2) is 5.20. The Hall–Kier alpha value is -1.20. The lowest BCUT2D eigenvalue weighted by atomic mass is 10.1. The molecule has 0 spiro atoms. The largest absolute Gasteiger partial charge is 0.333 e. The third-order valence-electron chi connectivity index (χ3n) is 3.26. The Bertz CT molecular complexity index is 512. The van der Waals surface area contributed by atoms with Gasteiger partial charge in [0.15, 0.2) is 5.82 Å². The average Bonchev–Trinajstić information content (AvgIpc) is 2.92. The summed E-state index contributed by atoms with van der Waals surface area (Å²) in [5.41, 5.74) is 0. The van der Waals surface area contributed by atoms with Gasteiger partial charge >= 0.3 is 0 Å². The zero-order chi connectivity index (χ0) is 12.4. The zero-order valence-electron chi connectivity index (χ0n) is 10.5. The molecule has 1 aliphatic heterocycles. The number of nitrogens with one attached hydrogen (secondary N) is 1. The van der Waals surface area contributed by atoms with E-state index in [2.05, 4.69) is 28.4 Å². The summed E-state index contributed by atoms with van der Waals surface area (Å²) in [6.07, 6.45) is 4.87. The molecule has 18 heavy (non-hydrogen) atoms. The minimum atomic E-state index is 0.256. The molecule has 96 valence electrons. The molecular formula is C13H17N3OS. The lowest BCUT2D eigenvalue weighted by Gasteiger charge is -2.09. The van der Waals surface area contributed by atoms with Crippen molar-refractivity contribution >= 4 is 11.3 Å². The molecule has 0 radical (unpaired) electrons. The van der Waals surface area contributed by atoms with Crippen LogP contribution >= 0.6 is 11.3 Å². The van der Waals surface area contributed by atoms with Crippen LogP contribution in [0.2, 0.25) is 0 Å². The van der Waals surface area contributed by atoms with E-state index in [0.717, 1.165) is 23.7 Å². The van der Waals surface area contributed by atoms with E-state index in [9.17, 15) is 0 Å². The number of aromatic nitrogens is 2. The molecule has 1 unspecified atom stereocenters. The van der Waals surface area contributed by atoms with Crippen molar-refractivity contribution in [2.75, 3.05) is 6.54 Å². The van der Waals surface area contributed by atoms with Gasteiger partial charge in [-0.2, -0.15) is 4.98 Å². The highest BCUT2D eigenvalue weighted by molar-refractivity contribution is 7.15. The van der Waals surface area contributed by atoms with Gasteiger partial charge in [0.2, 0.25) is 0 Å². The van der Waals surface area contributed by atoms with Crippen LogP contribution in [0.15, 0.2) is 16.7 Å². The number of thiophene rings is 1. The van der Waals surface area contributed by atoms with E-state index in [-0.39, 0.29) is 6.04 Å². The summed E-state index contributed by atoms with van der Waals surface area (Å²) in [5.74, 6) is 1.45. The first kappa shape index (κ1) is 11.9. The van der Waals surface area contributed by atoms with Crippen LogP contribution in [0.25, 0.3) is 10.8 Å². The lowest BCUT2D eigenvalue weighted by Crippen LogP contribution is -2.21. The Balaban J connectivity index is 1.80. The molecule has 0 aliphatic carbocycles. The number of aryl methyl sites for hydroxylation is 1. The Kier molecular flexibility index (Phi) is 3.43. The maximum atomic E-state index is 5.37. The van der Waals surface area contributed by atoms with Gasteiger partial charge in [0.05, 0.1) is 10.9 Å². The molecule has 1 aliphatic rings. The molecule has 1 N–H and O–H groups in total. The van der Waals surface area contributed by atoms with Gasteiger partial charge in [0, 0.05) is 4.88 Å². The van der Waals surface area contributed by atoms with Crippen molar-refractivity contribution in [3.8, 4) is 10.8 Å². The summed E-state index contributed by atoms with van der Waals surface area (Å²) < 4.78 is 5.37. The Morgan fingerprint density at radius 3 is 3.11 bits per heavy atom.